The summed E-state index contributed by atoms with van der Waals surface area (Å²) in [5.74, 6) is 0. The van der Waals surface area contributed by atoms with E-state index in [-0.39, 0.29) is 12.9 Å². The minimum Gasteiger partial charge on any atom is -0.354 e. The van der Waals surface area contributed by atoms with Gasteiger partial charge in [-0.3, -0.25) is 4.79 Å². The molecule has 1 rings (SSSR count). The third-order valence-corrected chi connectivity index (χ3v) is 2.17. The molecule has 2 nitrogen and oxygen atoms in total. The summed E-state index contributed by atoms with van der Waals surface area (Å²) >= 11 is 0. The second kappa shape index (κ2) is 4.65. The first-order valence-corrected chi connectivity index (χ1v) is 4.60. The summed E-state index contributed by atoms with van der Waals surface area (Å²) in [4.78, 5) is 10.4. The van der Waals surface area contributed by atoms with Crippen molar-refractivity contribution in [1.82, 2.24) is 0 Å². The monoisotopic (exact) mass is 232 g/mol. The maximum Gasteiger partial charge on any atom is 0.424 e. The van der Waals surface area contributed by atoms with Crippen molar-refractivity contribution in [2.45, 2.75) is 25.3 Å². The van der Waals surface area contributed by atoms with Crippen LogP contribution in [0.25, 0.3) is 0 Å². The normalized spacial score (nSPS) is 15.5. The van der Waals surface area contributed by atoms with Crippen LogP contribution in [0, 0.1) is 0 Å². The number of carbonyl (C=O) groups excluding carboxylic acids is 1. The second-order valence-electron chi connectivity index (χ2n) is 3.50. The standard InChI is InChI=1S/C11H11F3O2/c1-10(8-15,11(12,13)14)16-7-9-5-3-2-4-6-9/h2-6,8H,7H2,1H3/t10-/m1/s1. The second-order valence-corrected chi connectivity index (χ2v) is 3.50. The highest BCUT2D eigenvalue weighted by atomic mass is 19.4. The van der Waals surface area contributed by atoms with E-state index >= 15 is 0 Å². The molecule has 1 aromatic carbocycles. The Morgan fingerprint density at radius 2 is 1.81 bits per heavy atom. The molecule has 0 aromatic heterocycles. The van der Waals surface area contributed by atoms with E-state index < -0.39 is 11.8 Å². The molecule has 0 spiro atoms. The number of aldehydes is 1. The van der Waals surface area contributed by atoms with Gasteiger partial charge in [0.15, 0.2) is 6.29 Å². The molecular weight excluding hydrogens is 221 g/mol. The number of halogens is 3. The SMILES string of the molecule is C[C@](C=O)(OCc1ccccc1)C(F)(F)F. The van der Waals surface area contributed by atoms with Gasteiger partial charge >= 0.3 is 6.18 Å². The molecule has 1 atom stereocenters. The molecule has 5 heteroatoms. The molecular formula is C11H11F3O2. The minimum absolute atomic E-state index is 0.226. The van der Waals surface area contributed by atoms with E-state index in [0.29, 0.717) is 12.5 Å². The molecule has 88 valence electrons. The first kappa shape index (κ1) is 12.7. The first-order chi connectivity index (χ1) is 7.39. The van der Waals surface area contributed by atoms with Crippen LogP contribution in [0.3, 0.4) is 0 Å². The van der Waals surface area contributed by atoms with Crippen LogP contribution in [0.2, 0.25) is 0 Å². The van der Waals surface area contributed by atoms with E-state index in [1.807, 2.05) is 0 Å². The predicted octanol–water partition coefficient (Wildman–Crippen LogP) is 2.72. The highest BCUT2D eigenvalue weighted by Crippen LogP contribution is 2.32. The molecule has 0 amide bonds. The Kier molecular flexibility index (Phi) is 3.70. The zero-order valence-corrected chi connectivity index (χ0v) is 8.62. The summed E-state index contributed by atoms with van der Waals surface area (Å²) in [5, 5.41) is 0. The van der Waals surface area contributed by atoms with Gasteiger partial charge in [0.25, 0.3) is 0 Å². The van der Waals surface area contributed by atoms with Crippen LogP contribution >= 0.6 is 0 Å². The summed E-state index contributed by atoms with van der Waals surface area (Å²) in [5.41, 5.74) is -2.16. The van der Waals surface area contributed by atoms with E-state index in [1.54, 1.807) is 30.3 Å². The van der Waals surface area contributed by atoms with E-state index in [9.17, 15) is 18.0 Å². The third-order valence-electron chi connectivity index (χ3n) is 2.17. The number of ether oxygens (including phenoxy) is 1. The van der Waals surface area contributed by atoms with Crippen molar-refractivity contribution in [3.63, 3.8) is 0 Å². The molecule has 0 N–H and O–H groups in total. The molecule has 16 heavy (non-hydrogen) atoms. The molecule has 0 aliphatic rings. The van der Waals surface area contributed by atoms with E-state index in [4.69, 9.17) is 0 Å². The lowest BCUT2D eigenvalue weighted by atomic mass is 10.1. The summed E-state index contributed by atoms with van der Waals surface area (Å²) < 4.78 is 42.0. The number of hydrogen-bond donors (Lipinski definition) is 0. The van der Waals surface area contributed by atoms with Crippen LogP contribution in [0.5, 0.6) is 0 Å². The minimum atomic E-state index is -4.70. The number of carbonyl (C=O) groups is 1. The molecule has 0 fully saturated rings. The van der Waals surface area contributed by atoms with Crippen molar-refractivity contribution in [2.75, 3.05) is 0 Å². The van der Waals surface area contributed by atoms with Crippen molar-refractivity contribution >= 4 is 6.29 Å². The maximum atomic E-state index is 12.5. The Hall–Kier alpha value is -1.36. The van der Waals surface area contributed by atoms with Gasteiger partial charge in [-0.15, -0.1) is 0 Å². The molecule has 1 aromatic rings. The van der Waals surface area contributed by atoms with Crippen molar-refractivity contribution in [3.8, 4) is 0 Å². The Morgan fingerprint density at radius 1 is 1.25 bits per heavy atom. The lowest BCUT2D eigenvalue weighted by Gasteiger charge is -2.26. The van der Waals surface area contributed by atoms with E-state index in [1.165, 1.54) is 0 Å². The van der Waals surface area contributed by atoms with Gasteiger partial charge in [0.1, 0.15) is 0 Å². The summed E-state index contributed by atoms with van der Waals surface area (Å²) in [6, 6.07) is 8.37. The van der Waals surface area contributed by atoms with Crippen LogP contribution < -0.4 is 0 Å². The average molecular weight is 232 g/mol. The average Bonchev–Trinajstić information content (AvgIpc) is 2.26. The van der Waals surface area contributed by atoms with Crippen LogP contribution in [0.1, 0.15) is 12.5 Å². The number of rotatable bonds is 4. The fraction of sp³-hybridized carbons (Fsp3) is 0.364. The molecule has 0 aliphatic carbocycles. The highest BCUT2D eigenvalue weighted by Gasteiger charge is 2.52. The molecule has 0 heterocycles. The highest BCUT2D eigenvalue weighted by molar-refractivity contribution is 5.63. The van der Waals surface area contributed by atoms with E-state index in [2.05, 4.69) is 4.74 Å². The lowest BCUT2D eigenvalue weighted by molar-refractivity contribution is -0.257. The van der Waals surface area contributed by atoms with Crippen LogP contribution in [-0.4, -0.2) is 18.1 Å². The van der Waals surface area contributed by atoms with Gasteiger partial charge in [-0.05, 0) is 12.5 Å². The molecule has 0 aliphatic heterocycles. The Morgan fingerprint density at radius 3 is 2.25 bits per heavy atom. The van der Waals surface area contributed by atoms with Crippen molar-refractivity contribution in [3.05, 3.63) is 35.9 Å². The topological polar surface area (TPSA) is 26.3 Å². The number of alkyl halides is 3. The molecule has 0 bridgehead atoms. The molecule has 0 unspecified atom stereocenters. The fourth-order valence-corrected chi connectivity index (χ4v) is 0.990. The molecule has 0 radical (unpaired) electrons. The van der Waals surface area contributed by atoms with Crippen molar-refractivity contribution < 1.29 is 22.7 Å². The van der Waals surface area contributed by atoms with Gasteiger partial charge in [-0.25, -0.2) is 0 Å². The fourth-order valence-electron chi connectivity index (χ4n) is 0.990. The Balaban J connectivity index is 2.70. The summed E-state index contributed by atoms with van der Waals surface area (Å²) in [6.45, 7) is 0.457. The maximum absolute atomic E-state index is 12.5. The van der Waals surface area contributed by atoms with Crippen molar-refractivity contribution in [1.29, 1.82) is 0 Å². The van der Waals surface area contributed by atoms with Gasteiger partial charge in [-0.1, -0.05) is 30.3 Å². The smallest absolute Gasteiger partial charge is 0.354 e. The largest absolute Gasteiger partial charge is 0.424 e. The number of hydrogen-bond acceptors (Lipinski definition) is 2. The first-order valence-electron chi connectivity index (χ1n) is 4.60. The quantitative estimate of drug-likeness (QED) is 0.746. The predicted molar refractivity (Wildman–Crippen MR) is 51.8 cm³/mol. The Bertz CT molecular complexity index is 348. The zero-order chi connectivity index (χ0) is 12.2. The van der Waals surface area contributed by atoms with Crippen molar-refractivity contribution in [2.24, 2.45) is 0 Å². The third kappa shape index (κ3) is 2.82. The molecule has 0 saturated heterocycles. The number of benzene rings is 1. The Labute approximate surface area is 91.0 Å². The zero-order valence-electron chi connectivity index (χ0n) is 8.62. The van der Waals surface area contributed by atoms with Gasteiger partial charge in [0.2, 0.25) is 5.60 Å². The molecule has 0 saturated carbocycles. The lowest BCUT2D eigenvalue weighted by Crippen LogP contribution is -2.46. The van der Waals surface area contributed by atoms with Crippen LogP contribution in [0.15, 0.2) is 30.3 Å². The summed E-state index contributed by atoms with van der Waals surface area (Å²) in [6.07, 6.45) is -4.93. The van der Waals surface area contributed by atoms with Gasteiger partial charge in [0.05, 0.1) is 6.61 Å². The van der Waals surface area contributed by atoms with Gasteiger partial charge in [-0.2, -0.15) is 13.2 Å². The van der Waals surface area contributed by atoms with Crippen LogP contribution in [0.4, 0.5) is 13.2 Å². The van der Waals surface area contributed by atoms with Gasteiger partial charge < -0.3 is 4.74 Å². The van der Waals surface area contributed by atoms with Crippen LogP contribution in [-0.2, 0) is 16.1 Å². The summed E-state index contributed by atoms with van der Waals surface area (Å²) in [7, 11) is 0. The van der Waals surface area contributed by atoms with E-state index in [0.717, 1.165) is 0 Å². The van der Waals surface area contributed by atoms with Gasteiger partial charge in [0, 0.05) is 0 Å².